The molecule has 0 unspecified atom stereocenters. The number of non-ortho nitro benzene ring substituents is 1. The number of ether oxygens (including phenoxy) is 1. The van der Waals surface area contributed by atoms with Gasteiger partial charge in [-0.05, 0) is 54.3 Å². The van der Waals surface area contributed by atoms with Crippen LogP contribution in [-0.4, -0.2) is 38.3 Å². The fourth-order valence-corrected chi connectivity index (χ4v) is 5.21. The van der Waals surface area contributed by atoms with E-state index in [1.54, 1.807) is 11.9 Å². The van der Waals surface area contributed by atoms with Gasteiger partial charge in [-0.3, -0.25) is 19.6 Å². The van der Waals surface area contributed by atoms with Crippen LogP contribution in [-0.2, 0) is 16.4 Å². The van der Waals surface area contributed by atoms with E-state index in [9.17, 15) is 23.3 Å². The third kappa shape index (κ3) is 4.44. The number of nitrogens with zero attached hydrogens (tertiary/aromatic N) is 2. The largest absolute Gasteiger partial charge is 0.495 e. The number of methoxy groups -OCH3 is 1. The Kier molecular flexibility index (Phi) is 6.25. The van der Waals surface area contributed by atoms with Gasteiger partial charge in [0.05, 0.1) is 28.7 Å². The molecule has 1 N–H and O–H groups in total. The van der Waals surface area contributed by atoms with Crippen molar-refractivity contribution in [3.05, 3.63) is 93.5 Å². The van der Waals surface area contributed by atoms with Gasteiger partial charge in [0, 0.05) is 24.7 Å². The second kappa shape index (κ2) is 9.14. The molecule has 1 aliphatic carbocycles. The monoisotopic (exact) mass is 481 g/mol. The number of hydrogen-bond acceptors (Lipinski definition) is 6. The van der Waals surface area contributed by atoms with Gasteiger partial charge < -0.3 is 9.64 Å². The van der Waals surface area contributed by atoms with Gasteiger partial charge in [-0.15, -0.1) is 0 Å². The van der Waals surface area contributed by atoms with Crippen molar-refractivity contribution >= 4 is 27.3 Å². The Morgan fingerprint density at radius 1 is 1.12 bits per heavy atom. The van der Waals surface area contributed by atoms with Crippen molar-refractivity contribution in [1.29, 1.82) is 0 Å². The number of nitro benzene ring substituents is 1. The number of hydrogen-bond donors (Lipinski definition) is 1. The van der Waals surface area contributed by atoms with Crippen LogP contribution in [0.15, 0.2) is 71.6 Å². The number of aryl methyl sites for hydroxylation is 1. The molecule has 176 valence electrons. The van der Waals surface area contributed by atoms with Gasteiger partial charge in [0.15, 0.2) is 0 Å². The summed E-state index contributed by atoms with van der Waals surface area (Å²) in [6.07, 6.45) is 1.74. The van der Waals surface area contributed by atoms with E-state index >= 15 is 0 Å². The standard InChI is InChI=1S/C24H23N3O6S/c1-26(22-13-9-16-5-3-4-6-20(16)22)24(28)17-7-11-19(12-8-17)34(31,32)25-21-15-18(27(29)30)10-14-23(21)33-2/h3-8,10-12,14-15,22,25H,9,13H2,1-2H3/t22-/m0/s1. The topological polar surface area (TPSA) is 119 Å². The van der Waals surface area contributed by atoms with Gasteiger partial charge in [0.1, 0.15) is 5.75 Å². The minimum Gasteiger partial charge on any atom is -0.495 e. The second-order valence-corrected chi connectivity index (χ2v) is 9.62. The maximum absolute atomic E-state index is 13.1. The Morgan fingerprint density at radius 3 is 2.50 bits per heavy atom. The fourth-order valence-electron chi connectivity index (χ4n) is 4.15. The van der Waals surface area contributed by atoms with Crippen molar-refractivity contribution in [3.63, 3.8) is 0 Å². The minimum atomic E-state index is -4.08. The molecule has 10 heteroatoms. The van der Waals surface area contributed by atoms with Crippen LogP contribution in [0.3, 0.4) is 0 Å². The second-order valence-electron chi connectivity index (χ2n) is 7.94. The number of anilines is 1. The van der Waals surface area contributed by atoms with Crippen LogP contribution in [0.5, 0.6) is 5.75 Å². The predicted molar refractivity (Wildman–Crippen MR) is 126 cm³/mol. The molecular formula is C24H23N3O6S. The molecule has 0 aromatic heterocycles. The number of amides is 1. The lowest BCUT2D eigenvalue weighted by Gasteiger charge is -2.25. The van der Waals surface area contributed by atoms with Gasteiger partial charge >= 0.3 is 0 Å². The van der Waals surface area contributed by atoms with Gasteiger partial charge in [-0.2, -0.15) is 0 Å². The molecule has 1 atom stereocenters. The van der Waals surface area contributed by atoms with Crippen molar-refractivity contribution < 1.29 is 22.9 Å². The quantitative estimate of drug-likeness (QED) is 0.400. The number of nitro groups is 1. The fraction of sp³-hybridized carbons (Fsp3) is 0.208. The van der Waals surface area contributed by atoms with Crippen LogP contribution in [0, 0.1) is 10.1 Å². The average Bonchev–Trinajstić information content (AvgIpc) is 3.27. The first-order chi connectivity index (χ1) is 16.2. The van der Waals surface area contributed by atoms with Crippen LogP contribution < -0.4 is 9.46 Å². The molecular weight excluding hydrogens is 458 g/mol. The molecule has 9 nitrogen and oxygen atoms in total. The van der Waals surface area contributed by atoms with E-state index in [1.807, 2.05) is 18.2 Å². The van der Waals surface area contributed by atoms with E-state index in [1.165, 1.54) is 49.1 Å². The normalized spacial score (nSPS) is 14.8. The Labute approximate surface area is 197 Å². The number of rotatable bonds is 7. The molecule has 1 amide bonds. The zero-order valence-corrected chi connectivity index (χ0v) is 19.4. The number of carbonyl (C=O) groups excluding carboxylic acids is 1. The molecule has 0 radical (unpaired) electrons. The number of sulfonamides is 1. The predicted octanol–water partition coefficient (Wildman–Crippen LogP) is 4.16. The van der Waals surface area contributed by atoms with Crippen LogP contribution in [0.1, 0.15) is 33.9 Å². The third-order valence-electron chi connectivity index (χ3n) is 5.94. The maximum atomic E-state index is 13.1. The smallest absolute Gasteiger partial charge is 0.271 e. The number of nitrogens with one attached hydrogen (secondary N) is 1. The first-order valence-electron chi connectivity index (χ1n) is 10.5. The van der Waals surface area contributed by atoms with Crippen LogP contribution in [0.4, 0.5) is 11.4 Å². The van der Waals surface area contributed by atoms with Crippen molar-refractivity contribution in [1.82, 2.24) is 4.90 Å². The summed E-state index contributed by atoms with van der Waals surface area (Å²) in [5.74, 6) is -0.0709. The summed E-state index contributed by atoms with van der Waals surface area (Å²) < 4.78 is 33.2. The highest BCUT2D eigenvalue weighted by molar-refractivity contribution is 7.92. The number of benzene rings is 3. The van der Waals surface area contributed by atoms with E-state index in [2.05, 4.69) is 10.8 Å². The Morgan fingerprint density at radius 2 is 1.82 bits per heavy atom. The van der Waals surface area contributed by atoms with Crippen molar-refractivity contribution in [3.8, 4) is 5.75 Å². The highest BCUT2D eigenvalue weighted by Gasteiger charge is 2.29. The van der Waals surface area contributed by atoms with Crippen molar-refractivity contribution in [2.75, 3.05) is 18.9 Å². The zero-order chi connectivity index (χ0) is 24.5. The van der Waals surface area contributed by atoms with E-state index in [0.717, 1.165) is 24.5 Å². The Balaban J connectivity index is 1.54. The number of fused-ring (bicyclic) bond motifs is 1. The summed E-state index contributed by atoms with van der Waals surface area (Å²) in [6.45, 7) is 0. The van der Waals surface area contributed by atoms with Crippen LogP contribution >= 0.6 is 0 Å². The molecule has 0 aliphatic heterocycles. The first-order valence-corrected chi connectivity index (χ1v) is 12.0. The van der Waals surface area contributed by atoms with Crippen LogP contribution in [0.25, 0.3) is 0 Å². The summed E-state index contributed by atoms with van der Waals surface area (Å²) in [5, 5.41) is 11.1. The van der Waals surface area contributed by atoms with Crippen molar-refractivity contribution in [2.45, 2.75) is 23.8 Å². The first kappa shape index (κ1) is 23.2. The lowest BCUT2D eigenvalue weighted by Crippen LogP contribution is -2.30. The van der Waals surface area contributed by atoms with Gasteiger partial charge in [0.25, 0.3) is 21.6 Å². The highest BCUT2D eigenvalue weighted by Crippen LogP contribution is 2.35. The zero-order valence-electron chi connectivity index (χ0n) is 18.6. The highest BCUT2D eigenvalue weighted by atomic mass is 32.2. The Bertz CT molecular complexity index is 1360. The summed E-state index contributed by atoms with van der Waals surface area (Å²) in [5.41, 5.74) is 2.38. The molecule has 0 spiro atoms. The molecule has 4 rings (SSSR count). The summed E-state index contributed by atoms with van der Waals surface area (Å²) in [6, 6.07) is 17.2. The molecule has 0 saturated heterocycles. The molecule has 0 saturated carbocycles. The van der Waals surface area contributed by atoms with Crippen molar-refractivity contribution in [2.24, 2.45) is 0 Å². The van der Waals surface area contributed by atoms with Crippen LogP contribution in [0.2, 0.25) is 0 Å². The lowest BCUT2D eigenvalue weighted by atomic mass is 10.1. The SMILES string of the molecule is COc1ccc([N+](=O)[O-])cc1NS(=O)(=O)c1ccc(C(=O)N(C)[C@H]2CCc3ccccc32)cc1. The summed E-state index contributed by atoms with van der Waals surface area (Å²) >= 11 is 0. The summed E-state index contributed by atoms with van der Waals surface area (Å²) in [7, 11) is -1.01. The molecule has 1 aliphatic rings. The van der Waals surface area contributed by atoms with E-state index in [-0.39, 0.29) is 34.0 Å². The molecule has 3 aromatic carbocycles. The molecule has 34 heavy (non-hydrogen) atoms. The number of carbonyl (C=O) groups is 1. The molecule has 3 aromatic rings. The van der Waals surface area contributed by atoms with E-state index in [0.29, 0.717) is 5.56 Å². The van der Waals surface area contributed by atoms with Gasteiger partial charge in [0.2, 0.25) is 0 Å². The summed E-state index contributed by atoms with van der Waals surface area (Å²) in [4.78, 5) is 25.1. The minimum absolute atomic E-state index is 0.0323. The third-order valence-corrected chi connectivity index (χ3v) is 7.32. The molecule has 0 bridgehead atoms. The Hall–Kier alpha value is -3.92. The average molecular weight is 482 g/mol. The molecule has 0 fully saturated rings. The van der Waals surface area contributed by atoms with Gasteiger partial charge in [-0.25, -0.2) is 8.42 Å². The maximum Gasteiger partial charge on any atom is 0.271 e. The van der Waals surface area contributed by atoms with Gasteiger partial charge in [-0.1, -0.05) is 24.3 Å². The molecule has 0 heterocycles. The van der Waals surface area contributed by atoms with E-state index < -0.39 is 14.9 Å². The lowest BCUT2D eigenvalue weighted by molar-refractivity contribution is -0.384. The van der Waals surface area contributed by atoms with E-state index in [4.69, 9.17) is 4.74 Å².